The number of nitrogens with zero attached hydrogens (tertiary/aromatic N) is 1. The van der Waals surface area contributed by atoms with Crippen LogP contribution >= 0.6 is 0 Å². The van der Waals surface area contributed by atoms with Gasteiger partial charge in [0.15, 0.2) is 0 Å². The van der Waals surface area contributed by atoms with Gasteiger partial charge in [-0.2, -0.15) is 0 Å². The summed E-state index contributed by atoms with van der Waals surface area (Å²) in [5.74, 6) is 0.717. The molecule has 0 aromatic rings. The van der Waals surface area contributed by atoms with Gasteiger partial charge in [0.25, 0.3) is 0 Å². The Labute approximate surface area is 127 Å². The highest BCUT2D eigenvalue weighted by molar-refractivity contribution is 5.71. The summed E-state index contributed by atoms with van der Waals surface area (Å²) in [6.07, 6.45) is 7.83. The van der Waals surface area contributed by atoms with Crippen LogP contribution in [0.2, 0.25) is 0 Å². The maximum atomic E-state index is 11.3. The largest absolute Gasteiger partial charge is 0.468 e. The van der Waals surface area contributed by atoms with Crippen LogP contribution in [0.15, 0.2) is 0 Å². The van der Waals surface area contributed by atoms with Crippen LogP contribution in [0.25, 0.3) is 0 Å². The maximum absolute atomic E-state index is 11.3. The summed E-state index contributed by atoms with van der Waals surface area (Å²) in [5.41, 5.74) is 0. The number of piperidine rings is 1. The van der Waals surface area contributed by atoms with Gasteiger partial charge in [-0.05, 0) is 44.4 Å². The van der Waals surface area contributed by atoms with E-state index in [2.05, 4.69) is 10.2 Å². The Hall–Kier alpha value is -0.650. The number of hydrogen-bond donors (Lipinski definition) is 1. The normalized spacial score (nSPS) is 32.0. The molecular weight excluding hydrogens is 268 g/mol. The molecular formula is C16H28N2O3. The lowest BCUT2D eigenvalue weighted by Gasteiger charge is -2.37. The van der Waals surface area contributed by atoms with Crippen molar-refractivity contribution in [3.8, 4) is 0 Å². The van der Waals surface area contributed by atoms with Crippen molar-refractivity contribution in [2.75, 3.05) is 33.4 Å². The van der Waals surface area contributed by atoms with E-state index < -0.39 is 0 Å². The van der Waals surface area contributed by atoms with Gasteiger partial charge >= 0.3 is 5.97 Å². The Bertz CT molecular complexity index is 351. The van der Waals surface area contributed by atoms with Crippen molar-refractivity contribution in [2.45, 2.75) is 56.7 Å². The van der Waals surface area contributed by atoms with Crippen molar-refractivity contribution >= 4 is 5.97 Å². The number of carbonyl (C=O) groups excluding carboxylic acids is 1. The highest BCUT2D eigenvalue weighted by Crippen LogP contribution is 2.38. The van der Waals surface area contributed by atoms with E-state index in [9.17, 15) is 4.79 Å². The van der Waals surface area contributed by atoms with Crippen LogP contribution < -0.4 is 5.32 Å². The first kappa shape index (κ1) is 15.3. The minimum Gasteiger partial charge on any atom is -0.468 e. The Kier molecular flexibility index (Phi) is 5.14. The van der Waals surface area contributed by atoms with Crippen molar-refractivity contribution in [3.05, 3.63) is 0 Å². The minimum absolute atomic E-state index is 0.127. The fourth-order valence-corrected chi connectivity index (χ4v) is 3.61. The molecule has 120 valence electrons. The fraction of sp³-hybridized carbons (Fsp3) is 0.938. The summed E-state index contributed by atoms with van der Waals surface area (Å²) in [6, 6.07) is 1.23. The molecule has 3 fully saturated rings. The first-order valence-electron chi connectivity index (χ1n) is 8.41. The molecule has 0 aromatic heterocycles. The summed E-state index contributed by atoms with van der Waals surface area (Å²) in [6.45, 7) is 3.33. The third kappa shape index (κ3) is 4.41. The fourth-order valence-electron chi connectivity index (χ4n) is 3.61. The lowest BCUT2D eigenvalue weighted by molar-refractivity contribution is -0.142. The molecule has 5 nitrogen and oxygen atoms in total. The van der Waals surface area contributed by atoms with E-state index in [0.29, 0.717) is 24.7 Å². The second-order valence-electron chi connectivity index (χ2n) is 6.76. The average Bonchev–Trinajstić information content (AvgIpc) is 3.34. The van der Waals surface area contributed by atoms with Gasteiger partial charge in [-0.3, -0.25) is 9.69 Å². The van der Waals surface area contributed by atoms with Gasteiger partial charge in [0.05, 0.1) is 19.8 Å². The van der Waals surface area contributed by atoms with Crippen LogP contribution in [0.1, 0.15) is 38.5 Å². The van der Waals surface area contributed by atoms with Crippen LogP contribution in [0.5, 0.6) is 0 Å². The average molecular weight is 296 g/mol. The van der Waals surface area contributed by atoms with E-state index in [1.54, 1.807) is 0 Å². The number of hydrogen-bond acceptors (Lipinski definition) is 5. The zero-order chi connectivity index (χ0) is 14.7. The molecule has 5 heteroatoms. The molecule has 0 radical (unpaired) electrons. The quantitative estimate of drug-likeness (QED) is 0.772. The van der Waals surface area contributed by atoms with E-state index >= 15 is 0 Å². The maximum Gasteiger partial charge on any atom is 0.319 e. The second-order valence-corrected chi connectivity index (χ2v) is 6.76. The van der Waals surface area contributed by atoms with E-state index in [1.165, 1.54) is 26.4 Å². The summed E-state index contributed by atoms with van der Waals surface area (Å²) in [4.78, 5) is 13.5. The van der Waals surface area contributed by atoms with Crippen molar-refractivity contribution in [1.82, 2.24) is 10.2 Å². The number of rotatable bonds is 5. The minimum atomic E-state index is -0.127. The van der Waals surface area contributed by atoms with Crippen LogP contribution in [0, 0.1) is 5.92 Å². The van der Waals surface area contributed by atoms with Gasteiger partial charge < -0.3 is 14.8 Å². The van der Waals surface area contributed by atoms with Gasteiger partial charge in [0.2, 0.25) is 0 Å². The van der Waals surface area contributed by atoms with Gasteiger partial charge in [-0.15, -0.1) is 0 Å². The number of esters is 1. The molecule has 1 N–H and O–H groups in total. The van der Waals surface area contributed by atoms with E-state index in [-0.39, 0.29) is 5.97 Å². The summed E-state index contributed by atoms with van der Waals surface area (Å²) in [5, 5.41) is 3.84. The number of methoxy groups -OCH3 is 1. The molecule has 2 atom stereocenters. The lowest BCUT2D eigenvalue weighted by atomic mass is 9.97. The van der Waals surface area contributed by atoms with Crippen LogP contribution in [-0.2, 0) is 14.3 Å². The van der Waals surface area contributed by atoms with Crippen molar-refractivity contribution in [3.63, 3.8) is 0 Å². The Morgan fingerprint density at radius 2 is 1.95 bits per heavy atom. The molecule has 1 aliphatic carbocycles. The van der Waals surface area contributed by atoms with Crippen molar-refractivity contribution in [1.29, 1.82) is 0 Å². The van der Waals surface area contributed by atoms with Gasteiger partial charge in [0, 0.05) is 31.8 Å². The molecule has 2 heterocycles. The van der Waals surface area contributed by atoms with Gasteiger partial charge in [0.1, 0.15) is 0 Å². The standard InChI is InChI=1S/C16H28N2O3/c1-20-16(19)11-18-7-4-13(5-8-18)17-14-6-9-21-15(10-14)12-2-3-12/h12-15,17H,2-11H2,1H3/t14-,15+/m1/s1. The van der Waals surface area contributed by atoms with E-state index in [4.69, 9.17) is 9.47 Å². The molecule has 3 rings (SSSR count). The predicted octanol–water partition coefficient (Wildman–Crippen LogP) is 1.17. The molecule has 21 heavy (non-hydrogen) atoms. The molecule has 2 saturated heterocycles. The summed E-state index contributed by atoms with van der Waals surface area (Å²) in [7, 11) is 1.46. The lowest BCUT2D eigenvalue weighted by Crippen LogP contribution is -2.49. The monoisotopic (exact) mass is 296 g/mol. The predicted molar refractivity (Wildman–Crippen MR) is 80.1 cm³/mol. The van der Waals surface area contributed by atoms with E-state index in [0.717, 1.165) is 44.9 Å². The Balaban J connectivity index is 1.37. The SMILES string of the molecule is COC(=O)CN1CCC(N[C@@H]2CCO[C@H](C3CC3)C2)CC1. The third-order valence-electron chi connectivity index (χ3n) is 5.10. The zero-order valence-corrected chi connectivity index (χ0v) is 13.1. The molecule has 0 amide bonds. The summed E-state index contributed by atoms with van der Waals surface area (Å²) >= 11 is 0. The number of nitrogens with one attached hydrogen (secondary N) is 1. The zero-order valence-electron chi connectivity index (χ0n) is 13.1. The third-order valence-corrected chi connectivity index (χ3v) is 5.10. The number of carbonyl (C=O) groups is 1. The summed E-state index contributed by atoms with van der Waals surface area (Å²) < 4.78 is 10.6. The molecule has 0 bridgehead atoms. The first-order valence-corrected chi connectivity index (χ1v) is 8.41. The topological polar surface area (TPSA) is 50.8 Å². The highest BCUT2D eigenvalue weighted by Gasteiger charge is 2.36. The van der Waals surface area contributed by atoms with Crippen LogP contribution in [0.4, 0.5) is 0 Å². The molecule has 3 aliphatic rings. The van der Waals surface area contributed by atoms with Crippen molar-refractivity contribution < 1.29 is 14.3 Å². The van der Waals surface area contributed by atoms with Gasteiger partial charge in [-0.1, -0.05) is 0 Å². The van der Waals surface area contributed by atoms with E-state index in [1.807, 2.05) is 0 Å². The molecule has 1 saturated carbocycles. The van der Waals surface area contributed by atoms with Crippen LogP contribution in [0.3, 0.4) is 0 Å². The molecule has 0 aromatic carbocycles. The highest BCUT2D eigenvalue weighted by atomic mass is 16.5. The van der Waals surface area contributed by atoms with Crippen LogP contribution in [-0.4, -0.2) is 62.4 Å². The van der Waals surface area contributed by atoms with Gasteiger partial charge in [-0.25, -0.2) is 0 Å². The number of ether oxygens (including phenoxy) is 2. The Morgan fingerprint density at radius 3 is 2.62 bits per heavy atom. The van der Waals surface area contributed by atoms with Crippen molar-refractivity contribution in [2.24, 2.45) is 5.92 Å². The molecule has 2 aliphatic heterocycles. The Morgan fingerprint density at radius 1 is 1.19 bits per heavy atom. The molecule has 0 unspecified atom stereocenters. The number of likely N-dealkylation sites (tertiary alicyclic amines) is 1. The first-order chi connectivity index (χ1) is 10.2. The second kappa shape index (κ2) is 7.07. The smallest absolute Gasteiger partial charge is 0.319 e. The molecule has 0 spiro atoms.